The van der Waals surface area contributed by atoms with Crippen LogP contribution in [0.25, 0.3) is 20.7 Å². The van der Waals surface area contributed by atoms with Crippen molar-refractivity contribution in [3.05, 3.63) is 68.4 Å². The van der Waals surface area contributed by atoms with E-state index in [0.717, 1.165) is 15.1 Å². The number of aromatic hydroxyl groups is 1. The third-order valence-corrected chi connectivity index (χ3v) is 5.81. The average Bonchev–Trinajstić information content (AvgIpc) is 3.29. The Morgan fingerprint density at radius 2 is 2.12 bits per heavy atom. The van der Waals surface area contributed by atoms with Gasteiger partial charge in [-0.1, -0.05) is 17.7 Å². The number of carbonyl (C=O) groups excluding carboxylic acids is 1. The zero-order valence-electron chi connectivity index (χ0n) is 13.0. The van der Waals surface area contributed by atoms with E-state index in [9.17, 15) is 14.7 Å². The van der Waals surface area contributed by atoms with Gasteiger partial charge in [-0.05, 0) is 29.6 Å². The zero-order chi connectivity index (χ0) is 18.3. The highest BCUT2D eigenvalue weighted by Gasteiger charge is 2.16. The van der Waals surface area contributed by atoms with Gasteiger partial charge in [-0.15, -0.1) is 22.7 Å². The molecule has 3 heterocycles. The van der Waals surface area contributed by atoms with Gasteiger partial charge in [0.25, 0.3) is 11.5 Å². The highest BCUT2D eigenvalue weighted by molar-refractivity contribution is 7.18. The van der Waals surface area contributed by atoms with Gasteiger partial charge in [0.2, 0.25) is 0 Å². The van der Waals surface area contributed by atoms with Crippen LogP contribution in [0.4, 0.5) is 0 Å². The molecule has 4 rings (SSSR count). The fraction of sp³-hybridized carbons (Fsp3) is 0. The average molecular weight is 404 g/mol. The summed E-state index contributed by atoms with van der Waals surface area (Å²) in [6.45, 7) is 0. The minimum atomic E-state index is -0.539. The first-order valence-electron chi connectivity index (χ1n) is 7.37. The molecule has 1 aromatic carbocycles. The molecule has 0 saturated carbocycles. The largest absolute Gasteiger partial charge is 0.506 e. The van der Waals surface area contributed by atoms with E-state index < -0.39 is 5.91 Å². The maximum Gasteiger partial charge on any atom is 0.281 e. The topological polar surface area (TPSA) is 84.2 Å². The predicted molar refractivity (Wildman–Crippen MR) is 104 cm³/mol. The Hall–Kier alpha value is -2.68. The second-order valence-electron chi connectivity index (χ2n) is 5.33. The Kier molecular flexibility index (Phi) is 4.23. The second kappa shape index (κ2) is 6.56. The molecule has 4 aromatic rings. The van der Waals surface area contributed by atoms with E-state index in [2.05, 4.69) is 10.4 Å². The van der Waals surface area contributed by atoms with Gasteiger partial charge in [-0.3, -0.25) is 15.0 Å². The van der Waals surface area contributed by atoms with E-state index in [-0.39, 0.29) is 21.9 Å². The van der Waals surface area contributed by atoms with E-state index in [1.807, 2.05) is 22.9 Å². The van der Waals surface area contributed by atoms with E-state index in [1.54, 1.807) is 0 Å². The summed E-state index contributed by atoms with van der Waals surface area (Å²) in [5, 5.41) is 13.8. The molecule has 0 atom stereocenters. The molecular weight excluding hydrogens is 394 g/mol. The number of thiophene rings is 2. The number of halogens is 1. The first-order chi connectivity index (χ1) is 12.5. The Labute approximate surface area is 159 Å². The number of fused-ring (bicyclic) bond motifs is 1. The number of amides is 1. The molecule has 0 unspecified atom stereocenters. The number of aromatic nitrogens is 2. The molecule has 26 heavy (non-hydrogen) atoms. The number of rotatable bonds is 3. The lowest BCUT2D eigenvalue weighted by Crippen LogP contribution is -2.33. The standard InChI is InChI=1S/C17H10ClN3O3S2/c18-11-6-9(3-4-12(11)22)15(23)20-21-8-19-16-14(17(21)24)10(7-26-16)13-2-1-5-25-13/h1-8,22H,(H,20,23). The minimum absolute atomic E-state index is 0.0522. The summed E-state index contributed by atoms with van der Waals surface area (Å²) in [5.41, 5.74) is 3.15. The first kappa shape index (κ1) is 16.8. The number of nitrogens with one attached hydrogen (secondary N) is 1. The van der Waals surface area contributed by atoms with Crippen molar-refractivity contribution < 1.29 is 9.90 Å². The number of hydrogen-bond donors (Lipinski definition) is 2. The molecule has 0 aliphatic rings. The summed E-state index contributed by atoms with van der Waals surface area (Å²) in [6.07, 6.45) is 1.28. The van der Waals surface area contributed by atoms with Crippen molar-refractivity contribution in [1.82, 2.24) is 9.66 Å². The lowest BCUT2D eigenvalue weighted by Gasteiger charge is -2.08. The van der Waals surface area contributed by atoms with Gasteiger partial charge >= 0.3 is 0 Å². The van der Waals surface area contributed by atoms with Crippen molar-refractivity contribution >= 4 is 50.4 Å². The maximum atomic E-state index is 12.8. The summed E-state index contributed by atoms with van der Waals surface area (Å²) in [5.74, 6) is -0.662. The molecule has 6 nitrogen and oxygen atoms in total. The summed E-state index contributed by atoms with van der Waals surface area (Å²) < 4.78 is 1.05. The normalized spacial score (nSPS) is 11.0. The van der Waals surface area contributed by atoms with E-state index >= 15 is 0 Å². The van der Waals surface area contributed by atoms with Crippen LogP contribution < -0.4 is 11.0 Å². The van der Waals surface area contributed by atoms with Crippen molar-refractivity contribution in [2.45, 2.75) is 0 Å². The third-order valence-electron chi connectivity index (χ3n) is 3.71. The van der Waals surface area contributed by atoms with Gasteiger partial charge in [-0.2, -0.15) is 0 Å². The molecule has 0 radical (unpaired) electrons. The number of carbonyl (C=O) groups is 1. The van der Waals surface area contributed by atoms with Crippen LogP contribution in [0.5, 0.6) is 5.75 Å². The molecule has 0 saturated heterocycles. The van der Waals surface area contributed by atoms with Crippen LogP contribution in [0.15, 0.2) is 52.2 Å². The van der Waals surface area contributed by atoms with Crippen molar-refractivity contribution in [2.75, 3.05) is 5.43 Å². The minimum Gasteiger partial charge on any atom is -0.506 e. The van der Waals surface area contributed by atoms with Crippen LogP contribution in [-0.4, -0.2) is 20.7 Å². The van der Waals surface area contributed by atoms with Crippen LogP contribution in [0.1, 0.15) is 10.4 Å². The smallest absolute Gasteiger partial charge is 0.281 e. The summed E-state index contributed by atoms with van der Waals surface area (Å²) >= 11 is 8.73. The van der Waals surface area contributed by atoms with Crippen molar-refractivity contribution in [3.63, 3.8) is 0 Å². The molecule has 3 aromatic heterocycles. The predicted octanol–water partition coefficient (Wildman–Crippen LogP) is 3.93. The molecule has 0 aliphatic heterocycles. The maximum absolute atomic E-state index is 12.8. The second-order valence-corrected chi connectivity index (χ2v) is 7.55. The van der Waals surface area contributed by atoms with Crippen molar-refractivity contribution in [2.24, 2.45) is 0 Å². The number of phenolic OH excluding ortho intramolecular Hbond substituents is 1. The lowest BCUT2D eigenvalue weighted by molar-refractivity contribution is 0.101. The van der Waals surface area contributed by atoms with Crippen LogP contribution in [0.2, 0.25) is 5.02 Å². The quantitative estimate of drug-likeness (QED) is 0.542. The Bertz CT molecular complexity index is 1180. The van der Waals surface area contributed by atoms with Crippen LogP contribution >= 0.6 is 34.3 Å². The molecule has 1 amide bonds. The van der Waals surface area contributed by atoms with Gasteiger partial charge in [0, 0.05) is 21.4 Å². The van der Waals surface area contributed by atoms with Gasteiger partial charge in [0.15, 0.2) is 0 Å². The monoisotopic (exact) mass is 403 g/mol. The molecule has 0 fully saturated rings. The Morgan fingerprint density at radius 1 is 1.27 bits per heavy atom. The fourth-order valence-corrected chi connectivity index (χ4v) is 4.35. The summed E-state index contributed by atoms with van der Waals surface area (Å²) in [4.78, 5) is 31.1. The van der Waals surface area contributed by atoms with E-state index in [1.165, 1.54) is 47.2 Å². The zero-order valence-corrected chi connectivity index (χ0v) is 15.4. The lowest BCUT2D eigenvalue weighted by atomic mass is 10.2. The Balaban J connectivity index is 1.74. The molecule has 130 valence electrons. The molecule has 0 bridgehead atoms. The van der Waals surface area contributed by atoms with Gasteiger partial charge < -0.3 is 5.11 Å². The molecule has 0 aliphatic carbocycles. The Morgan fingerprint density at radius 3 is 2.85 bits per heavy atom. The van der Waals surface area contributed by atoms with Crippen molar-refractivity contribution in [3.8, 4) is 16.2 Å². The SMILES string of the molecule is O=C(Nn1cnc2scc(-c3cccs3)c2c1=O)c1ccc(O)c(Cl)c1. The van der Waals surface area contributed by atoms with Crippen molar-refractivity contribution in [1.29, 1.82) is 0 Å². The summed E-state index contributed by atoms with van der Waals surface area (Å²) in [6, 6.07) is 7.89. The van der Waals surface area contributed by atoms with Gasteiger partial charge in [0.1, 0.15) is 16.9 Å². The van der Waals surface area contributed by atoms with E-state index in [4.69, 9.17) is 11.6 Å². The van der Waals surface area contributed by atoms with Crippen LogP contribution in [0.3, 0.4) is 0 Å². The number of benzene rings is 1. The highest BCUT2D eigenvalue weighted by atomic mass is 35.5. The number of hydrogen-bond acceptors (Lipinski definition) is 6. The number of phenols is 1. The highest BCUT2D eigenvalue weighted by Crippen LogP contribution is 2.33. The number of nitrogens with zero attached hydrogens (tertiary/aromatic N) is 2. The van der Waals surface area contributed by atoms with Crippen LogP contribution in [0, 0.1) is 0 Å². The summed E-state index contributed by atoms with van der Waals surface area (Å²) in [7, 11) is 0. The third kappa shape index (κ3) is 2.88. The van der Waals surface area contributed by atoms with Crippen LogP contribution in [-0.2, 0) is 0 Å². The van der Waals surface area contributed by atoms with E-state index in [0.29, 0.717) is 10.2 Å². The first-order valence-corrected chi connectivity index (χ1v) is 9.51. The molecular formula is C17H10ClN3O3S2. The fourth-order valence-electron chi connectivity index (χ4n) is 2.45. The van der Waals surface area contributed by atoms with Gasteiger partial charge in [-0.25, -0.2) is 9.66 Å². The molecule has 2 N–H and O–H groups in total. The van der Waals surface area contributed by atoms with Gasteiger partial charge in [0.05, 0.1) is 10.4 Å². The molecule has 0 spiro atoms. The molecule has 9 heteroatoms.